The van der Waals surface area contributed by atoms with Crippen LogP contribution in [0.3, 0.4) is 0 Å². The van der Waals surface area contributed by atoms with Crippen LogP contribution in [0.2, 0.25) is 0 Å². The number of sulfonamides is 1. The van der Waals surface area contributed by atoms with Gasteiger partial charge in [0.05, 0.1) is 13.7 Å². The summed E-state index contributed by atoms with van der Waals surface area (Å²) >= 11 is 0. The number of carbonyl (C=O) groups is 1. The zero-order valence-corrected chi connectivity index (χ0v) is 11.9. The Labute approximate surface area is 117 Å². The van der Waals surface area contributed by atoms with Crippen LogP contribution in [0.15, 0.2) is 23.1 Å². The number of hydrogen-bond acceptors (Lipinski definition) is 5. The number of nitrogens with zero attached hydrogens (tertiary/aromatic N) is 1. The summed E-state index contributed by atoms with van der Waals surface area (Å²) in [7, 11) is -2.43. The lowest BCUT2D eigenvalue weighted by atomic mass is 10.3. The van der Waals surface area contributed by atoms with Gasteiger partial charge in [0.1, 0.15) is 10.6 Å². The SMILES string of the molecule is COc1ccc(N)cc1S(=O)(=O)N1CCCNC(=O)C1. The highest BCUT2D eigenvalue weighted by Gasteiger charge is 2.30. The smallest absolute Gasteiger partial charge is 0.247 e. The number of hydrogen-bond donors (Lipinski definition) is 2. The van der Waals surface area contributed by atoms with Crippen molar-refractivity contribution in [2.75, 3.05) is 32.5 Å². The van der Waals surface area contributed by atoms with E-state index in [-0.39, 0.29) is 29.6 Å². The summed E-state index contributed by atoms with van der Waals surface area (Å²) in [5.41, 5.74) is 5.97. The van der Waals surface area contributed by atoms with Crippen molar-refractivity contribution in [3.8, 4) is 5.75 Å². The van der Waals surface area contributed by atoms with E-state index in [0.717, 1.165) is 4.31 Å². The Morgan fingerprint density at radius 3 is 2.85 bits per heavy atom. The van der Waals surface area contributed by atoms with E-state index in [2.05, 4.69) is 5.32 Å². The highest BCUT2D eigenvalue weighted by atomic mass is 32.2. The lowest BCUT2D eigenvalue weighted by Gasteiger charge is -2.20. The highest BCUT2D eigenvalue weighted by Crippen LogP contribution is 2.28. The summed E-state index contributed by atoms with van der Waals surface area (Å²) in [6.45, 7) is 0.554. The number of anilines is 1. The number of nitrogen functional groups attached to an aromatic ring is 1. The third-order valence-corrected chi connectivity index (χ3v) is 4.90. The van der Waals surface area contributed by atoms with Gasteiger partial charge in [-0.15, -0.1) is 0 Å². The van der Waals surface area contributed by atoms with Gasteiger partial charge in [0.25, 0.3) is 0 Å². The van der Waals surface area contributed by atoms with Crippen LogP contribution in [0, 0.1) is 0 Å². The van der Waals surface area contributed by atoms with Crippen LogP contribution in [0.4, 0.5) is 5.69 Å². The Hall–Kier alpha value is -1.80. The van der Waals surface area contributed by atoms with Gasteiger partial charge in [0.15, 0.2) is 0 Å². The van der Waals surface area contributed by atoms with E-state index in [9.17, 15) is 13.2 Å². The molecule has 0 saturated carbocycles. The summed E-state index contributed by atoms with van der Waals surface area (Å²) in [5, 5.41) is 2.64. The lowest BCUT2D eigenvalue weighted by Crippen LogP contribution is -2.37. The molecule has 0 radical (unpaired) electrons. The topological polar surface area (TPSA) is 102 Å². The van der Waals surface area contributed by atoms with Crippen LogP contribution in [-0.2, 0) is 14.8 Å². The number of nitrogens with two attached hydrogens (primary N) is 1. The van der Waals surface area contributed by atoms with E-state index in [0.29, 0.717) is 18.7 Å². The zero-order valence-electron chi connectivity index (χ0n) is 11.1. The second kappa shape index (κ2) is 5.68. The molecule has 3 N–H and O–H groups in total. The van der Waals surface area contributed by atoms with E-state index in [1.54, 1.807) is 6.07 Å². The largest absolute Gasteiger partial charge is 0.495 e. The predicted molar refractivity (Wildman–Crippen MR) is 73.8 cm³/mol. The molecule has 0 atom stereocenters. The van der Waals surface area contributed by atoms with Crippen LogP contribution in [-0.4, -0.2) is 45.4 Å². The molecule has 0 aromatic heterocycles. The Morgan fingerprint density at radius 1 is 1.40 bits per heavy atom. The molecule has 1 saturated heterocycles. The van der Waals surface area contributed by atoms with Crippen molar-refractivity contribution in [3.05, 3.63) is 18.2 Å². The van der Waals surface area contributed by atoms with Crippen molar-refractivity contribution in [2.24, 2.45) is 0 Å². The van der Waals surface area contributed by atoms with E-state index in [4.69, 9.17) is 10.5 Å². The quantitative estimate of drug-likeness (QED) is 0.752. The summed E-state index contributed by atoms with van der Waals surface area (Å²) in [6, 6.07) is 4.41. The Morgan fingerprint density at radius 2 is 2.15 bits per heavy atom. The van der Waals surface area contributed by atoms with Crippen molar-refractivity contribution in [2.45, 2.75) is 11.3 Å². The minimum absolute atomic E-state index is 0.0188. The third kappa shape index (κ3) is 2.86. The number of carbonyl (C=O) groups excluding carboxylic acids is 1. The maximum atomic E-state index is 12.6. The van der Waals surface area contributed by atoms with E-state index < -0.39 is 10.0 Å². The minimum atomic E-state index is -3.82. The molecule has 2 rings (SSSR count). The molecule has 0 bridgehead atoms. The molecule has 8 heteroatoms. The summed E-state index contributed by atoms with van der Waals surface area (Å²) in [5.74, 6) is -0.0993. The molecular weight excluding hydrogens is 282 g/mol. The van der Waals surface area contributed by atoms with Gasteiger partial charge < -0.3 is 15.8 Å². The van der Waals surface area contributed by atoms with Gasteiger partial charge in [-0.05, 0) is 24.6 Å². The van der Waals surface area contributed by atoms with Gasteiger partial charge in [-0.2, -0.15) is 4.31 Å². The van der Waals surface area contributed by atoms with Crippen LogP contribution in [0.25, 0.3) is 0 Å². The molecule has 1 fully saturated rings. The second-order valence-electron chi connectivity index (χ2n) is 4.45. The molecule has 0 aliphatic carbocycles. The highest BCUT2D eigenvalue weighted by molar-refractivity contribution is 7.89. The first-order valence-electron chi connectivity index (χ1n) is 6.15. The van der Waals surface area contributed by atoms with Crippen molar-refractivity contribution in [3.63, 3.8) is 0 Å². The molecule has 1 heterocycles. The van der Waals surface area contributed by atoms with E-state index >= 15 is 0 Å². The molecule has 1 aromatic carbocycles. The lowest BCUT2D eigenvalue weighted by molar-refractivity contribution is -0.120. The summed E-state index contributed by atoms with van der Waals surface area (Å²) in [4.78, 5) is 11.5. The molecule has 0 unspecified atom stereocenters. The molecule has 1 amide bonds. The van der Waals surface area contributed by atoms with Crippen molar-refractivity contribution >= 4 is 21.6 Å². The number of methoxy groups -OCH3 is 1. The predicted octanol–water partition coefficient (Wildman–Crippen LogP) is -0.212. The average molecular weight is 299 g/mol. The van der Waals surface area contributed by atoms with Gasteiger partial charge in [-0.1, -0.05) is 0 Å². The number of ether oxygens (including phenoxy) is 1. The van der Waals surface area contributed by atoms with E-state index in [1.807, 2.05) is 0 Å². The van der Waals surface area contributed by atoms with Crippen LogP contribution >= 0.6 is 0 Å². The Bertz CT molecular complexity index is 615. The number of amides is 1. The van der Waals surface area contributed by atoms with Crippen LogP contribution in [0.5, 0.6) is 5.75 Å². The number of benzene rings is 1. The molecule has 7 nitrogen and oxygen atoms in total. The molecule has 1 aliphatic heterocycles. The molecule has 1 aromatic rings. The van der Waals surface area contributed by atoms with Crippen LogP contribution in [0.1, 0.15) is 6.42 Å². The Kier molecular flexibility index (Phi) is 4.15. The molecule has 20 heavy (non-hydrogen) atoms. The molecule has 0 spiro atoms. The van der Waals surface area contributed by atoms with Crippen LogP contribution < -0.4 is 15.8 Å². The molecule has 110 valence electrons. The van der Waals surface area contributed by atoms with Gasteiger partial charge >= 0.3 is 0 Å². The summed E-state index contributed by atoms with van der Waals surface area (Å²) < 4.78 is 31.5. The van der Waals surface area contributed by atoms with Gasteiger partial charge in [-0.3, -0.25) is 4.79 Å². The molecule has 1 aliphatic rings. The van der Waals surface area contributed by atoms with Gasteiger partial charge in [0.2, 0.25) is 15.9 Å². The fourth-order valence-corrected chi connectivity index (χ4v) is 3.64. The Balaban J connectivity index is 2.43. The first-order valence-corrected chi connectivity index (χ1v) is 7.59. The summed E-state index contributed by atoms with van der Waals surface area (Å²) in [6.07, 6.45) is 0.565. The average Bonchev–Trinajstić information content (AvgIpc) is 2.64. The van der Waals surface area contributed by atoms with Crippen molar-refractivity contribution in [1.29, 1.82) is 0 Å². The molecular formula is C12H17N3O4S. The first-order chi connectivity index (χ1) is 9.45. The maximum absolute atomic E-state index is 12.6. The maximum Gasteiger partial charge on any atom is 0.247 e. The van der Waals surface area contributed by atoms with Crippen molar-refractivity contribution < 1.29 is 17.9 Å². The fourth-order valence-electron chi connectivity index (χ4n) is 2.02. The number of nitrogens with one attached hydrogen (secondary N) is 1. The normalized spacial score (nSPS) is 17.4. The first kappa shape index (κ1) is 14.6. The number of rotatable bonds is 3. The zero-order chi connectivity index (χ0) is 14.8. The van der Waals surface area contributed by atoms with E-state index in [1.165, 1.54) is 19.2 Å². The fraction of sp³-hybridized carbons (Fsp3) is 0.417. The second-order valence-corrected chi connectivity index (χ2v) is 6.36. The van der Waals surface area contributed by atoms with Crippen molar-refractivity contribution in [1.82, 2.24) is 9.62 Å². The minimum Gasteiger partial charge on any atom is -0.495 e. The standard InChI is InChI=1S/C12H17N3O4S/c1-19-10-4-3-9(13)7-11(10)20(17,18)15-6-2-5-14-12(16)8-15/h3-4,7H,2,5-6,8,13H2,1H3,(H,14,16). The van der Waals surface area contributed by atoms with Gasteiger partial charge in [0, 0.05) is 18.8 Å². The third-order valence-electron chi connectivity index (χ3n) is 3.03. The van der Waals surface area contributed by atoms with Gasteiger partial charge in [-0.25, -0.2) is 8.42 Å². The monoisotopic (exact) mass is 299 g/mol.